The molecule has 0 aliphatic carbocycles. The summed E-state index contributed by atoms with van der Waals surface area (Å²) in [6.07, 6.45) is 3.92. The molecule has 0 unspecified atom stereocenters. The molecule has 1 aliphatic rings. The van der Waals surface area contributed by atoms with Crippen LogP contribution >= 0.6 is 11.8 Å². The monoisotopic (exact) mass is 438 g/mol. The van der Waals surface area contributed by atoms with Gasteiger partial charge in [0.2, 0.25) is 0 Å². The van der Waals surface area contributed by atoms with Crippen molar-refractivity contribution in [1.29, 1.82) is 0 Å². The summed E-state index contributed by atoms with van der Waals surface area (Å²) in [5.74, 6) is -0.233. The number of hydrogen-bond donors (Lipinski definition) is 0. The Hall–Kier alpha value is -3.57. The molecule has 1 aromatic heterocycles. The summed E-state index contributed by atoms with van der Waals surface area (Å²) in [5, 5.41) is 0.840. The Labute approximate surface area is 191 Å². The summed E-state index contributed by atoms with van der Waals surface area (Å²) < 4.78 is 2.19. The summed E-state index contributed by atoms with van der Waals surface area (Å²) in [5.41, 5.74) is 5.30. The normalized spacial score (nSPS) is 15.3. The summed E-state index contributed by atoms with van der Waals surface area (Å²) in [7, 11) is 0. The highest BCUT2D eigenvalue weighted by Crippen LogP contribution is 2.35. The lowest BCUT2D eigenvalue weighted by molar-refractivity contribution is -0.123. The molecule has 4 aromatic rings. The predicted molar refractivity (Wildman–Crippen MR) is 130 cm³/mol. The molecule has 0 spiro atoms. The smallest absolute Gasteiger partial charge is 0.293 e. The first-order chi connectivity index (χ1) is 15.6. The first-order valence-corrected chi connectivity index (χ1v) is 11.3. The van der Waals surface area contributed by atoms with Gasteiger partial charge in [-0.3, -0.25) is 14.5 Å². The molecule has 0 atom stereocenters. The Morgan fingerprint density at radius 2 is 1.56 bits per heavy atom. The van der Waals surface area contributed by atoms with Crippen LogP contribution in [-0.2, 0) is 17.9 Å². The first-order valence-electron chi connectivity index (χ1n) is 10.5. The highest BCUT2D eigenvalue weighted by molar-refractivity contribution is 8.18. The van der Waals surface area contributed by atoms with Gasteiger partial charge in [-0.1, -0.05) is 72.8 Å². The number of benzene rings is 3. The van der Waals surface area contributed by atoms with Crippen LogP contribution in [0.3, 0.4) is 0 Å². The number of aryl methyl sites for hydroxylation is 1. The van der Waals surface area contributed by atoms with E-state index < -0.39 is 0 Å². The lowest BCUT2D eigenvalue weighted by atomic mass is 10.1. The summed E-state index contributed by atoms with van der Waals surface area (Å²) in [6.45, 7) is 3.03. The van der Waals surface area contributed by atoms with Crippen LogP contribution < -0.4 is 0 Å². The van der Waals surface area contributed by atoms with Crippen molar-refractivity contribution in [2.45, 2.75) is 20.0 Å². The van der Waals surface area contributed by atoms with Gasteiger partial charge in [0.1, 0.15) is 0 Å². The number of thioether (sulfide) groups is 1. The van der Waals surface area contributed by atoms with Crippen LogP contribution in [0.25, 0.3) is 17.0 Å². The Kier molecular flexibility index (Phi) is 5.41. The third-order valence-corrected chi connectivity index (χ3v) is 6.67. The number of aromatic nitrogens is 1. The average molecular weight is 439 g/mol. The van der Waals surface area contributed by atoms with Crippen molar-refractivity contribution in [3.8, 4) is 0 Å². The molecule has 0 bridgehead atoms. The summed E-state index contributed by atoms with van der Waals surface area (Å²) in [4.78, 5) is 27.5. The third-order valence-electron chi connectivity index (χ3n) is 5.77. The third kappa shape index (κ3) is 3.87. The fraction of sp³-hybridized carbons (Fsp3) is 0.111. The topological polar surface area (TPSA) is 42.3 Å². The predicted octanol–water partition coefficient (Wildman–Crippen LogP) is 6.23. The van der Waals surface area contributed by atoms with Crippen LogP contribution in [-0.4, -0.2) is 20.6 Å². The standard InChI is InChI=1S/C27H22N2O2S/c1-19-9-5-6-12-21(19)18-29-26(30)25(32-27(29)31)15-22-17-28(16-20-10-3-2-4-11-20)24-14-8-7-13-23(22)24/h2-15,17H,16,18H2,1H3/b25-15-. The number of carbonyl (C=O) groups is 2. The van der Waals surface area contributed by atoms with Crippen molar-refractivity contribution < 1.29 is 9.59 Å². The zero-order chi connectivity index (χ0) is 22.1. The van der Waals surface area contributed by atoms with E-state index in [1.54, 1.807) is 0 Å². The van der Waals surface area contributed by atoms with Gasteiger partial charge in [-0.2, -0.15) is 0 Å². The van der Waals surface area contributed by atoms with E-state index in [1.807, 2.05) is 67.6 Å². The van der Waals surface area contributed by atoms with E-state index in [0.717, 1.165) is 45.9 Å². The second kappa shape index (κ2) is 8.52. The van der Waals surface area contributed by atoms with Gasteiger partial charge >= 0.3 is 0 Å². The van der Waals surface area contributed by atoms with Gasteiger partial charge < -0.3 is 4.57 Å². The van der Waals surface area contributed by atoms with Gasteiger partial charge in [-0.05, 0) is 47.5 Å². The van der Waals surface area contributed by atoms with Crippen LogP contribution in [0.1, 0.15) is 22.3 Å². The van der Waals surface area contributed by atoms with Crippen molar-refractivity contribution in [1.82, 2.24) is 9.47 Å². The van der Waals surface area contributed by atoms with Gasteiger partial charge in [0.25, 0.3) is 11.1 Å². The van der Waals surface area contributed by atoms with Crippen LogP contribution in [0.2, 0.25) is 0 Å². The maximum Gasteiger partial charge on any atom is 0.293 e. The minimum absolute atomic E-state index is 0.225. The highest BCUT2D eigenvalue weighted by atomic mass is 32.2. The van der Waals surface area contributed by atoms with Crippen molar-refractivity contribution in [3.05, 3.63) is 112 Å². The lowest BCUT2D eigenvalue weighted by Crippen LogP contribution is -2.27. The molecular formula is C27H22N2O2S. The van der Waals surface area contributed by atoms with E-state index in [-0.39, 0.29) is 11.1 Å². The molecule has 3 aromatic carbocycles. The number of para-hydroxylation sites is 1. The molecule has 2 amide bonds. The summed E-state index contributed by atoms with van der Waals surface area (Å²) >= 11 is 1.01. The molecule has 5 heteroatoms. The molecule has 0 N–H and O–H groups in total. The van der Waals surface area contributed by atoms with Crippen molar-refractivity contribution in [3.63, 3.8) is 0 Å². The Morgan fingerprint density at radius 3 is 2.38 bits per heavy atom. The summed E-state index contributed by atoms with van der Waals surface area (Å²) in [6, 6.07) is 26.3. The number of nitrogens with zero attached hydrogens (tertiary/aromatic N) is 2. The van der Waals surface area contributed by atoms with Gasteiger partial charge in [0.05, 0.1) is 11.4 Å². The van der Waals surface area contributed by atoms with Gasteiger partial charge in [-0.15, -0.1) is 0 Å². The molecule has 5 rings (SSSR count). The Morgan fingerprint density at radius 1 is 0.844 bits per heavy atom. The van der Waals surface area contributed by atoms with Crippen molar-refractivity contribution >= 4 is 39.9 Å². The molecule has 1 saturated heterocycles. The van der Waals surface area contributed by atoms with Crippen LogP contribution in [0, 0.1) is 6.92 Å². The molecule has 4 nitrogen and oxygen atoms in total. The fourth-order valence-corrected chi connectivity index (χ4v) is 4.87. The van der Waals surface area contributed by atoms with Gasteiger partial charge in [-0.25, -0.2) is 0 Å². The van der Waals surface area contributed by atoms with E-state index in [2.05, 4.69) is 35.0 Å². The number of fused-ring (bicyclic) bond motifs is 1. The van der Waals surface area contributed by atoms with E-state index in [9.17, 15) is 9.59 Å². The Balaban J connectivity index is 1.47. The molecule has 1 aliphatic heterocycles. The Bertz CT molecular complexity index is 1350. The van der Waals surface area contributed by atoms with Crippen LogP contribution in [0.15, 0.2) is 90.0 Å². The fourth-order valence-electron chi connectivity index (χ4n) is 4.04. The molecule has 0 saturated carbocycles. The number of amides is 2. The van der Waals surface area contributed by atoms with E-state index in [4.69, 9.17) is 0 Å². The van der Waals surface area contributed by atoms with Gasteiger partial charge in [0, 0.05) is 29.2 Å². The van der Waals surface area contributed by atoms with Crippen LogP contribution in [0.4, 0.5) is 4.79 Å². The number of rotatable bonds is 5. The largest absolute Gasteiger partial charge is 0.342 e. The lowest BCUT2D eigenvalue weighted by Gasteiger charge is -2.14. The quantitative estimate of drug-likeness (QED) is 0.347. The number of carbonyl (C=O) groups excluding carboxylic acids is 2. The highest BCUT2D eigenvalue weighted by Gasteiger charge is 2.35. The maximum atomic E-state index is 13.1. The first kappa shape index (κ1) is 20.3. The minimum atomic E-state index is -0.233. The molecule has 32 heavy (non-hydrogen) atoms. The average Bonchev–Trinajstić information content (AvgIpc) is 3.28. The number of hydrogen-bond acceptors (Lipinski definition) is 3. The minimum Gasteiger partial charge on any atom is -0.342 e. The zero-order valence-electron chi connectivity index (χ0n) is 17.7. The second-order valence-electron chi connectivity index (χ2n) is 7.91. The number of imide groups is 1. The van der Waals surface area contributed by atoms with E-state index in [0.29, 0.717) is 11.4 Å². The van der Waals surface area contributed by atoms with Crippen molar-refractivity contribution in [2.75, 3.05) is 0 Å². The maximum absolute atomic E-state index is 13.1. The molecule has 2 heterocycles. The van der Waals surface area contributed by atoms with E-state index in [1.165, 1.54) is 10.5 Å². The SMILES string of the molecule is Cc1ccccc1CN1C(=O)S/C(=C\c2cn(Cc3ccccc3)c3ccccc23)C1=O. The van der Waals surface area contributed by atoms with E-state index >= 15 is 0 Å². The molecule has 0 radical (unpaired) electrons. The van der Waals surface area contributed by atoms with Crippen molar-refractivity contribution in [2.24, 2.45) is 0 Å². The van der Waals surface area contributed by atoms with Gasteiger partial charge in [0.15, 0.2) is 0 Å². The molecule has 158 valence electrons. The molecule has 1 fully saturated rings. The van der Waals surface area contributed by atoms with Crippen LogP contribution in [0.5, 0.6) is 0 Å². The second-order valence-corrected chi connectivity index (χ2v) is 8.90. The zero-order valence-corrected chi connectivity index (χ0v) is 18.5. The molecular weight excluding hydrogens is 416 g/mol.